The Morgan fingerprint density at radius 1 is 1.40 bits per heavy atom. The molecule has 4 nitrogen and oxygen atoms in total. The highest BCUT2D eigenvalue weighted by molar-refractivity contribution is 7.99. The highest BCUT2D eigenvalue weighted by Gasteiger charge is 2.31. The molecule has 1 aromatic carbocycles. The van der Waals surface area contributed by atoms with Gasteiger partial charge in [0.25, 0.3) is 0 Å². The molecular weight excluding hydrogens is 274 g/mol. The Morgan fingerprint density at radius 3 is 2.85 bits per heavy atom. The second-order valence-corrected chi connectivity index (χ2v) is 5.80. The topological polar surface area (TPSA) is 57.6 Å². The third-order valence-electron chi connectivity index (χ3n) is 3.29. The van der Waals surface area contributed by atoms with E-state index in [1.165, 1.54) is 11.0 Å². The normalized spacial score (nSPS) is 19.2. The molecule has 0 bridgehead atoms. The van der Waals surface area contributed by atoms with Gasteiger partial charge in [-0.15, -0.1) is 0 Å². The van der Waals surface area contributed by atoms with Crippen LogP contribution in [0.25, 0.3) is 6.08 Å². The van der Waals surface area contributed by atoms with E-state index in [1.807, 2.05) is 31.2 Å². The standard InChI is InChI=1S/C15H17NO3S/c1-11-4-2-3-5-12(11)6-7-14(17)16-8-9-20-10-13(16)15(18)19/h2-7,13H,8-10H2,1H3,(H,18,19)/b7-6+. The maximum absolute atomic E-state index is 12.2. The second kappa shape index (κ2) is 6.61. The third kappa shape index (κ3) is 3.42. The number of aliphatic carboxylic acids is 1. The van der Waals surface area contributed by atoms with Crippen LogP contribution in [0.1, 0.15) is 11.1 Å². The van der Waals surface area contributed by atoms with Gasteiger partial charge in [0.2, 0.25) is 5.91 Å². The summed E-state index contributed by atoms with van der Waals surface area (Å²) in [7, 11) is 0. The van der Waals surface area contributed by atoms with Crippen LogP contribution in [0.15, 0.2) is 30.3 Å². The van der Waals surface area contributed by atoms with E-state index in [9.17, 15) is 9.59 Å². The highest BCUT2D eigenvalue weighted by atomic mass is 32.2. The van der Waals surface area contributed by atoms with E-state index in [0.29, 0.717) is 12.3 Å². The Bertz CT molecular complexity index is 542. The van der Waals surface area contributed by atoms with Crippen LogP contribution in [-0.2, 0) is 9.59 Å². The average Bonchev–Trinajstić information content (AvgIpc) is 2.46. The van der Waals surface area contributed by atoms with Crippen LogP contribution in [0.3, 0.4) is 0 Å². The number of nitrogens with zero attached hydrogens (tertiary/aromatic N) is 1. The lowest BCUT2D eigenvalue weighted by Gasteiger charge is -2.31. The fourth-order valence-electron chi connectivity index (χ4n) is 2.10. The van der Waals surface area contributed by atoms with E-state index in [4.69, 9.17) is 5.11 Å². The monoisotopic (exact) mass is 291 g/mol. The van der Waals surface area contributed by atoms with Gasteiger partial charge in [0.1, 0.15) is 6.04 Å². The van der Waals surface area contributed by atoms with E-state index in [-0.39, 0.29) is 5.91 Å². The molecule has 0 aliphatic carbocycles. The minimum absolute atomic E-state index is 0.235. The molecule has 0 saturated carbocycles. The van der Waals surface area contributed by atoms with Crippen molar-refractivity contribution in [1.82, 2.24) is 4.90 Å². The van der Waals surface area contributed by atoms with Gasteiger partial charge in [0.05, 0.1) is 0 Å². The van der Waals surface area contributed by atoms with Gasteiger partial charge in [-0.3, -0.25) is 4.79 Å². The maximum Gasteiger partial charge on any atom is 0.327 e. The molecule has 20 heavy (non-hydrogen) atoms. The molecule has 106 valence electrons. The van der Waals surface area contributed by atoms with E-state index < -0.39 is 12.0 Å². The molecule has 1 N–H and O–H groups in total. The number of rotatable bonds is 3. The fraction of sp³-hybridized carbons (Fsp3) is 0.333. The zero-order chi connectivity index (χ0) is 14.5. The highest BCUT2D eigenvalue weighted by Crippen LogP contribution is 2.18. The number of carboxylic acid groups (broad SMARTS) is 1. The van der Waals surface area contributed by atoms with Crippen LogP contribution >= 0.6 is 11.8 Å². The number of carboxylic acids is 1. The Hall–Kier alpha value is -1.75. The molecule has 1 heterocycles. The van der Waals surface area contributed by atoms with E-state index >= 15 is 0 Å². The molecule has 0 radical (unpaired) electrons. The van der Waals surface area contributed by atoms with Crippen molar-refractivity contribution in [3.8, 4) is 0 Å². The van der Waals surface area contributed by atoms with E-state index in [2.05, 4.69) is 0 Å². The van der Waals surface area contributed by atoms with Crippen LogP contribution in [0, 0.1) is 6.92 Å². The number of thioether (sulfide) groups is 1. The first kappa shape index (κ1) is 14.7. The fourth-order valence-corrected chi connectivity index (χ4v) is 3.14. The zero-order valence-electron chi connectivity index (χ0n) is 11.3. The lowest BCUT2D eigenvalue weighted by Crippen LogP contribution is -2.49. The van der Waals surface area contributed by atoms with Gasteiger partial charge in [-0.1, -0.05) is 24.3 Å². The molecule has 1 fully saturated rings. The molecule has 0 aromatic heterocycles. The van der Waals surface area contributed by atoms with Crippen LogP contribution in [0.5, 0.6) is 0 Å². The van der Waals surface area contributed by atoms with Crippen LogP contribution in [0.4, 0.5) is 0 Å². The van der Waals surface area contributed by atoms with Crippen LogP contribution in [0.2, 0.25) is 0 Å². The van der Waals surface area contributed by atoms with Gasteiger partial charge in [-0.25, -0.2) is 4.79 Å². The molecule has 2 rings (SSSR count). The van der Waals surface area contributed by atoms with E-state index in [0.717, 1.165) is 16.9 Å². The predicted molar refractivity (Wildman–Crippen MR) is 80.7 cm³/mol. The van der Waals surface area contributed by atoms with E-state index in [1.54, 1.807) is 17.8 Å². The number of hydrogen-bond donors (Lipinski definition) is 1. The molecule has 1 saturated heterocycles. The summed E-state index contributed by atoms with van der Waals surface area (Å²) in [5.41, 5.74) is 2.06. The number of hydrogen-bond acceptors (Lipinski definition) is 3. The summed E-state index contributed by atoms with van der Waals surface area (Å²) in [6, 6.07) is 7.04. The van der Waals surface area contributed by atoms with Gasteiger partial charge in [0, 0.05) is 24.1 Å². The summed E-state index contributed by atoms with van der Waals surface area (Å²) in [5.74, 6) is 0.0725. The van der Waals surface area contributed by atoms with Gasteiger partial charge in [-0.2, -0.15) is 11.8 Å². The molecule has 1 unspecified atom stereocenters. The second-order valence-electron chi connectivity index (χ2n) is 4.65. The lowest BCUT2D eigenvalue weighted by molar-refractivity contribution is -0.147. The predicted octanol–water partition coefficient (Wildman–Crippen LogP) is 2.04. The minimum atomic E-state index is -0.935. The summed E-state index contributed by atoms with van der Waals surface area (Å²) < 4.78 is 0. The first-order chi connectivity index (χ1) is 9.59. The Morgan fingerprint density at radius 2 is 2.15 bits per heavy atom. The number of aryl methyl sites for hydroxylation is 1. The molecule has 1 atom stereocenters. The summed E-state index contributed by atoms with van der Waals surface area (Å²) in [6.07, 6.45) is 3.21. The van der Waals surface area contributed by atoms with Crippen molar-refractivity contribution in [1.29, 1.82) is 0 Å². The third-order valence-corrected chi connectivity index (χ3v) is 4.31. The molecular formula is C15H17NO3S. The van der Waals surface area contributed by atoms with Crippen molar-refractivity contribution in [2.24, 2.45) is 0 Å². The zero-order valence-corrected chi connectivity index (χ0v) is 12.1. The quantitative estimate of drug-likeness (QED) is 0.866. The molecule has 1 aliphatic rings. The van der Waals surface area contributed by atoms with Gasteiger partial charge in [0.15, 0.2) is 0 Å². The number of carbonyl (C=O) groups excluding carboxylic acids is 1. The van der Waals surface area contributed by atoms with Crippen molar-refractivity contribution in [2.45, 2.75) is 13.0 Å². The lowest BCUT2D eigenvalue weighted by atomic mass is 10.1. The Balaban J connectivity index is 2.10. The maximum atomic E-state index is 12.2. The molecule has 1 amide bonds. The average molecular weight is 291 g/mol. The van der Waals surface area contributed by atoms with Crippen molar-refractivity contribution < 1.29 is 14.7 Å². The smallest absolute Gasteiger partial charge is 0.327 e. The first-order valence-corrected chi connectivity index (χ1v) is 7.60. The van der Waals surface area contributed by atoms with Crippen molar-refractivity contribution in [2.75, 3.05) is 18.1 Å². The Labute approximate surface area is 122 Å². The summed E-state index contributed by atoms with van der Waals surface area (Å²) in [5, 5.41) is 9.16. The summed E-state index contributed by atoms with van der Waals surface area (Å²) in [4.78, 5) is 24.8. The number of carbonyl (C=O) groups is 2. The number of benzene rings is 1. The first-order valence-electron chi connectivity index (χ1n) is 6.44. The van der Waals surface area contributed by atoms with Crippen molar-refractivity contribution >= 4 is 29.7 Å². The molecule has 5 heteroatoms. The molecule has 1 aromatic rings. The minimum Gasteiger partial charge on any atom is -0.480 e. The van der Waals surface area contributed by atoms with Crippen molar-refractivity contribution in [3.63, 3.8) is 0 Å². The largest absolute Gasteiger partial charge is 0.480 e. The summed E-state index contributed by atoms with van der Waals surface area (Å²) in [6.45, 7) is 2.46. The van der Waals surface area contributed by atoms with Gasteiger partial charge in [-0.05, 0) is 24.1 Å². The molecule has 0 spiro atoms. The SMILES string of the molecule is Cc1ccccc1/C=C/C(=O)N1CCSCC1C(=O)O. The van der Waals surface area contributed by atoms with Crippen molar-refractivity contribution in [3.05, 3.63) is 41.5 Å². The van der Waals surface area contributed by atoms with Gasteiger partial charge >= 0.3 is 5.97 Å². The van der Waals surface area contributed by atoms with Crippen LogP contribution < -0.4 is 0 Å². The molecule has 1 aliphatic heterocycles. The van der Waals surface area contributed by atoms with Gasteiger partial charge < -0.3 is 10.0 Å². The van der Waals surface area contributed by atoms with Crippen LogP contribution in [-0.4, -0.2) is 46.0 Å². The Kier molecular flexibility index (Phi) is 4.84. The summed E-state index contributed by atoms with van der Waals surface area (Å²) >= 11 is 1.57. The number of amides is 1.